The second kappa shape index (κ2) is 7.15. The number of anilines is 1. The Bertz CT molecular complexity index is 906. The third-order valence-electron chi connectivity index (χ3n) is 3.82. The van der Waals surface area contributed by atoms with E-state index in [-0.39, 0.29) is 27.9 Å². The first-order valence-electron chi connectivity index (χ1n) is 7.52. The molecule has 0 unspecified atom stereocenters. The van der Waals surface area contributed by atoms with Crippen LogP contribution in [-0.4, -0.2) is 38.2 Å². The number of likely N-dealkylation sites (tertiary alicyclic amines) is 1. The van der Waals surface area contributed by atoms with Crippen LogP contribution in [0.1, 0.15) is 12.8 Å². The van der Waals surface area contributed by atoms with E-state index >= 15 is 0 Å². The first-order chi connectivity index (χ1) is 11.9. The molecule has 1 fully saturated rings. The molecule has 2 heterocycles. The lowest BCUT2D eigenvalue weighted by atomic mass is 10.4. The van der Waals surface area contributed by atoms with Gasteiger partial charge in [0.2, 0.25) is 21.7 Å². The fraction of sp³-hybridized carbons (Fsp3) is 0.250. The number of amides is 2. The third kappa shape index (κ3) is 3.86. The van der Waals surface area contributed by atoms with Gasteiger partial charge in [-0.05, 0) is 30.7 Å². The highest BCUT2D eigenvalue weighted by molar-refractivity contribution is 7.91. The Hall–Kier alpha value is -1.90. The fourth-order valence-corrected chi connectivity index (χ4v) is 5.22. The molecule has 0 aliphatic carbocycles. The largest absolute Gasteiger partial charge is 0.333 e. The van der Waals surface area contributed by atoms with Crippen LogP contribution in [0.2, 0.25) is 5.02 Å². The molecule has 6 nitrogen and oxygen atoms in total. The standard InChI is InChI=1S/C16H15ClN2O4S2/c17-11-3-5-12(6-4-11)25(22,23)14-10-24-9-13(14)18-15(20)8-19-7-1-2-16(19)21/h3-6,9-10H,1-2,7-8H2,(H,18,20). The Morgan fingerprint density at radius 3 is 2.60 bits per heavy atom. The summed E-state index contributed by atoms with van der Waals surface area (Å²) in [5, 5.41) is 6.07. The number of rotatable bonds is 5. The van der Waals surface area contributed by atoms with Crippen molar-refractivity contribution in [3.63, 3.8) is 0 Å². The van der Waals surface area contributed by atoms with Crippen LogP contribution >= 0.6 is 22.9 Å². The predicted octanol–water partition coefficient (Wildman–Crippen LogP) is 2.80. The van der Waals surface area contributed by atoms with Gasteiger partial charge in [-0.15, -0.1) is 11.3 Å². The van der Waals surface area contributed by atoms with E-state index in [0.29, 0.717) is 18.0 Å². The van der Waals surface area contributed by atoms with Gasteiger partial charge >= 0.3 is 0 Å². The van der Waals surface area contributed by atoms with E-state index in [9.17, 15) is 18.0 Å². The molecule has 1 N–H and O–H groups in total. The van der Waals surface area contributed by atoms with E-state index in [1.807, 2.05) is 0 Å². The fourth-order valence-electron chi connectivity index (χ4n) is 2.56. The monoisotopic (exact) mass is 398 g/mol. The number of sulfone groups is 1. The molecule has 0 radical (unpaired) electrons. The van der Waals surface area contributed by atoms with Crippen molar-refractivity contribution in [2.75, 3.05) is 18.4 Å². The second-order valence-corrected chi connectivity index (χ2v) is 8.67. The molecule has 2 aromatic rings. The Balaban J connectivity index is 1.79. The van der Waals surface area contributed by atoms with E-state index in [0.717, 1.165) is 6.42 Å². The van der Waals surface area contributed by atoms with Gasteiger partial charge in [0.1, 0.15) is 4.90 Å². The number of hydrogen-bond donors (Lipinski definition) is 1. The molecule has 1 aromatic heterocycles. The van der Waals surface area contributed by atoms with Gasteiger partial charge in [-0.1, -0.05) is 11.6 Å². The summed E-state index contributed by atoms with van der Waals surface area (Å²) < 4.78 is 25.5. The minimum absolute atomic E-state index is 0.0286. The Morgan fingerprint density at radius 2 is 1.96 bits per heavy atom. The van der Waals surface area contributed by atoms with Crippen LogP contribution in [0.25, 0.3) is 0 Å². The third-order valence-corrected chi connectivity index (χ3v) is 6.77. The van der Waals surface area contributed by atoms with Crippen LogP contribution in [0.15, 0.2) is 44.8 Å². The van der Waals surface area contributed by atoms with Gasteiger partial charge < -0.3 is 10.2 Å². The zero-order valence-electron chi connectivity index (χ0n) is 13.1. The maximum absolute atomic E-state index is 12.8. The van der Waals surface area contributed by atoms with E-state index in [4.69, 9.17) is 11.6 Å². The number of halogens is 1. The molecule has 1 aliphatic rings. The number of thiophene rings is 1. The van der Waals surface area contributed by atoms with Crippen molar-refractivity contribution in [3.8, 4) is 0 Å². The summed E-state index contributed by atoms with van der Waals surface area (Å²) in [5.41, 5.74) is 0.219. The van der Waals surface area contributed by atoms with Crippen molar-refractivity contribution < 1.29 is 18.0 Å². The molecule has 0 atom stereocenters. The van der Waals surface area contributed by atoms with Crippen molar-refractivity contribution in [3.05, 3.63) is 40.0 Å². The number of nitrogens with zero attached hydrogens (tertiary/aromatic N) is 1. The van der Waals surface area contributed by atoms with Gasteiger partial charge in [-0.25, -0.2) is 8.42 Å². The quantitative estimate of drug-likeness (QED) is 0.839. The van der Waals surface area contributed by atoms with Crippen molar-refractivity contribution >= 4 is 50.3 Å². The van der Waals surface area contributed by atoms with Gasteiger partial charge in [0.25, 0.3) is 0 Å². The highest BCUT2D eigenvalue weighted by Gasteiger charge is 2.25. The number of hydrogen-bond acceptors (Lipinski definition) is 5. The summed E-state index contributed by atoms with van der Waals surface area (Å²) in [7, 11) is -3.77. The van der Waals surface area contributed by atoms with E-state index < -0.39 is 15.7 Å². The van der Waals surface area contributed by atoms with Crippen LogP contribution in [-0.2, 0) is 19.4 Å². The predicted molar refractivity (Wildman–Crippen MR) is 95.7 cm³/mol. The molecule has 2 amide bonds. The van der Waals surface area contributed by atoms with Crippen molar-refractivity contribution in [1.29, 1.82) is 0 Å². The minimum Gasteiger partial charge on any atom is -0.333 e. The molecular formula is C16H15ClN2O4S2. The lowest BCUT2D eigenvalue weighted by Gasteiger charge is -2.15. The molecular weight excluding hydrogens is 384 g/mol. The number of benzene rings is 1. The molecule has 1 aromatic carbocycles. The van der Waals surface area contributed by atoms with Crippen LogP contribution < -0.4 is 5.32 Å². The van der Waals surface area contributed by atoms with Crippen molar-refractivity contribution in [2.24, 2.45) is 0 Å². The molecule has 0 spiro atoms. The molecule has 25 heavy (non-hydrogen) atoms. The first kappa shape index (κ1) is 17.9. The summed E-state index contributed by atoms with van der Waals surface area (Å²) in [6.45, 7) is 0.473. The Morgan fingerprint density at radius 1 is 1.24 bits per heavy atom. The van der Waals surface area contributed by atoms with Gasteiger partial charge in [-0.3, -0.25) is 9.59 Å². The Kier molecular flexibility index (Phi) is 5.12. The zero-order valence-corrected chi connectivity index (χ0v) is 15.5. The molecule has 132 valence electrons. The number of nitrogens with one attached hydrogen (secondary N) is 1. The SMILES string of the molecule is O=C(CN1CCCC1=O)Nc1cscc1S(=O)(=O)c1ccc(Cl)cc1. The van der Waals surface area contributed by atoms with E-state index in [2.05, 4.69) is 5.32 Å². The molecule has 1 saturated heterocycles. The Labute approximate surface area is 154 Å². The molecule has 9 heteroatoms. The summed E-state index contributed by atoms with van der Waals surface area (Å²) in [4.78, 5) is 25.3. The summed E-state index contributed by atoms with van der Waals surface area (Å²) in [6, 6.07) is 5.84. The van der Waals surface area contributed by atoms with Crippen molar-refractivity contribution in [1.82, 2.24) is 4.90 Å². The summed E-state index contributed by atoms with van der Waals surface area (Å²) in [5.74, 6) is -0.476. The first-order valence-corrected chi connectivity index (χ1v) is 10.3. The average molecular weight is 399 g/mol. The van der Waals surface area contributed by atoms with Gasteiger partial charge in [-0.2, -0.15) is 0 Å². The van der Waals surface area contributed by atoms with Crippen LogP contribution in [0.3, 0.4) is 0 Å². The molecule has 0 bridgehead atoms. The smallest absolute Gasteiger partial charge is 0.244 e. The average Bonchev–Trinajstić information content (AvgIpc) is 3.18. The maximum atomic E-state index is 12.8. The van der Waals surface area contributed by atoms with Crippen LogP contribution in [0.4, 0.5) is 5.69 Å². The number of carbonyl (C=O) groups is 2. The maximum Gasteiger partial charge on any atom is 0.244 e. The lowest BCUT2D eigenvalue weighted by Crippen LogP contribution is -2.34. The lowest BCUT2D eigenvalue weighted by molar-refractivity contribution is -0.131. The van der Waals surface area contributed by atoms with Crippen LogP contribution in [0.5, 0.6) is 0 Å². The normalized spacial score (nSPS) is 14.8. The molecule has 3 rings (SSSR count). The van der Waals surface area contributed by atoms with E-state index in [1.165, 1.54) is 45.9 Å². The van der Waals surface area contributed by atoms with E-state index in [1.54, 1.807) is 5.38 Å². The summed E-state index contributed by atoms with van der Waals surface area (Å²) in [6.07, 6.45) is 1.18. The van der Waals surface area contributed by atoms with Gasteiger partial charge in [0.05, 0.1) is 17.1 Å². The number of carbonyl (C=O) groups excluding carboxylic acids is 2. The second-order valence-electron chi connectivity index (χ2n) is 5.57. The summed E-state index contributed by atoms with van der Waals surface area (Å²) >= 11 is 6.97. The van der Waals surface area contributed by atoms with Gasteiger partial charge in [0.15, 0.2) is 0 Å². The highest BCUT2D eigenvalue weighted by Crippen LogP contribution is 2.31. The topological polar surface area (TPSA) is 83.6 Å². The zero-order chi connectivity index (χ0) is 18.0. The van der Waals surface area contributed by atoms with Crippen LogP contribution in [0, 0.1) is 0 Å². The van der Waals surface area contributed by atoms with Crippen molar-refractivity contribution in [2.45, 2.75) is 22.6 Å². The van der Waals surface area contributed by atoms with Gasteiger partial charge in [0, 0.05) is 28.7 Å². The highest BCUT2D eigenvalue weighted by atomic mass is 35.5. The molecule has 1 aliphatic heterocycles. The molecule has 0 saturated carbocycles. The minimum atomic E-state index is -3.77.